The normalized spacial score (nSPS) is 41.4. The van der Waals surface area contributed by atoms with Crippen LogP contribution in [0.2, 0.25) is 0 Å². The lowest BCUT2D eigenvalue weighted by molar-refractivity contribution is -0.141. The van der Waals surface area contributed by atoms with Crippen LogP contribution in [0, 0.1) is 35.0 Å². The highest BCUT2D eigenvalue weighted by Gasteiger charge is 2.60. The van der Waals surface area contributed by atoms with E-state index in [9.17, 15) is 9.59 Å². The number of allylic oxidation sites excluding steroid dienone is 2. The average molecular weight is 216 g/mol. The summed E-state index contributed by atoms with van der Waals surface area (Å²) in [6.45, 7) is 1.60. The molecule has 0 aromatic rings. The highest BCUT2D eigenvalue weighted by atomic mass is 16.2. The van der Waals surface area contributed by atoms with E-state index in [1.807, 2.05) is 6.07 Å². The molecule has 0 aromatic heterocycles. The lowest BCUT2D eigenvalue weighted by Gasteiger charge is -2.18. The molecule has 16 heavy (non-hydrogen) atoms. The van der Waals surface area contributed by atoms with Crippen molar-refractivity contribution in [2.75, 3.05) is 0 Å². The lowest BCUT2D eigenvalue weighted by Crippen LogP contribution is -2.39. The van der Waals surface area contributed by atoms with Crippen molar-refractivity contribution in [3.63, 3.8) is 0 Å². The Balaban J connectivity index is 1.98. The van der Waals surface area contributed by atoms with E-state index in [1.54, 1.807) is 6.92 Å². The minimum absolute atomic E-state index is 0.138. The largest absolute Gasteiger partial charge is 0.274 e. The van der Waals surface area contributed by atoms with E-state index in [2.05, 4.69) is 12.2 Å². The summed E-state index contributed by atoms with van der Waals surface area (Å²) in [7, 11) is 0. The number of likely N-dealkylation sites (tertiary alicyclic amines) is 1. The van der Waals surface area contributed by atoms with Crippen molar-refractivity contribution in [1.29, 1.82) is 5.26 Å². The lowest BCUT2D eigenvalue weighted by atomic mass is 9.85. The van der Waals surface area contributed by atoms with Gasteiger partial charge in [-0.15, -0.1) is 0 Å². The highest BCUT2D eigenvalue weighted by molar-refractivity contribution is 6.06. The number of imide groups is 1. The Bertz CT molecular complexity index is 418. The molecule has 5 atom stereocenters. The SMILES string of the molecule is CC(C#N)N1C(=O)C2C3C=CC(C3)C2C1=O. The first kappa shape index (κ1) is 9.59. The third kappa shape index (κ3) is 0.934. The topological polar surface area (TPSA) is 61.2 Å². The maximum absolute atomic E-state index is 12.1. The molecule has 0 spiro atoms. The number of hydrogen-bond acceptors (Lipinski definition) is 3. The fourth-order valence-corrected chi connectivity index (χ4v) is 3.36. The van der Waals surface area contributed by atoms with Crippen LogP contribution in [-0.2, 0) is 9.59 Å². The van der Waals surface area contributed by atoms with E-state index in [4.69, 9.17) is 5.26 Å². The van der Waals surface area contributed by atoms with Gasteiger partial charge in [-0.05, 0) is 25.2 Å². The van der Waals surface area contributed by atoms with E-state index in [-0.39, 0.29) is 35.5 Å². The Morgan fingerprint density at radius 3 is 2.25 bits per heavy atom. The third-order valence-corrected chi connectivity index (χ3v) is 4.08. The number of nitriles is 1. The number of carbonyl (C=O) groups is 2. The summed E-state index contributed by atoms with van der Waals surface area (Å²) in [6.07, 6.45) is 5.04. The average Bonchev–Trinajstić information content (AvgIpc) is 2.92. The maximum atomic E-state index is 12.1. The molecule has 0 N–H and O–H groups in total. The monoisotopic (exact) mass is 216 g/mol. The molecule has 5 unspecified atom stereocenters. The van der Waals surface area contributed by atoms with Crippen LogP contribution in [0.1, 0.15) is 13.3 Å². The predicted molar refractivity (Wildman–Crippen MR) is 54.6 cm³/mol. The zero-order valence-electron chi connectivity index (χ0n) is 8.96. The fourth-order valence-electron chi connectivity index (χ4n) is 3.36. The quantitative estimate of drug-likeness (QED) is 0.479. The van der Waals surface area contributed by atoms with Gasteiger partial charge in [0.05, 0.1) is 17.9 Å². The van der Waals surface area contributed by atoms with Gasteiger partial charge in [-0.3, -0.25) is 14.5 Å². The van der Waals surface area contributed by atoms with Gasteiger partial charge in [0.1, 0.15) is 6.04 Å². The van der Waals surface area contributed by atoms with Gasteiger partial charge >= 0.3 is 0 Å². The second kappa shape index (κ2) is 2.94. The van der Waals surface area contributed by atoms with Crippen molar-refractivity contribution in [3.05, 3.63) is 12.2 Å². The minimum atomic E-state index is -0.634. The predicted octanol–water partition coefficient (Wildman–Crippen LogP) is 0.706. The Morgan fingerprint density at radius 1 is 1.31 bits per heavy atom. The number of fused-ring (bicyclic) bond motifs is 5. The molecule has 2 fully saturated rings. The third-order valence-electron chi connectivity index (χ3n) is 4.08. The molecule has 1 aliphatic heterocycles. The highest BCUT2D eigenvalue weighted by Crippen LogP contribution is 2.52. The number of amides is 2. The van der Waals surface area contributed by atoms with Crippen molar-refractivity contribution < 1.29 is 9.59 Å². The Morgan fingerprint density at radius 2 is 1.81 bits per heavy atom. The number of rotatable bonds is 1. The van der Waals surface area contributed by atoms with E-state index < -0.39 is 6.04 Å². The Labute approximate surface area is 93.5 Å². The molecular weight excluding hydrogens is 204 g/mol. The first-order valence-corrected chi connectivity index (χ1v) is 5.60. The first-order valence-electron chi connectivity index (χ1n) is 5.60. The summed E-state index contributed by atoms with van der Waals surface area (Å²) in [5.41, 5.74) is 0. The smallest absolute Gasteiger partial charge is 0.234 e. The van der Waals surface area contributed by atoms with Gasteiger partial charge in [0, 0.05) is 0 Å². The fraction of sp³-hybridized carbons (Fsp3) is 0.583. The molecule has 0 radical (unpaired) electrons. The van der Waals surface area contributed by atoms with Gasteiger partial charge in [0.15, 0.2) is 0 Å². The van der Waals surface area contributed by atoms with Crippen molar-refractivity contribution in [3.8, 4) is 6.07 Å². The molecule has 0 aromatic carbocycles. The Kier molecular flexibility index (Phi) is 1.76. The van der Waals surface area contributed by atoms with Crippen LogP contribution >= 0.6 is 0 Å². The molecule has 3 aliphatic rings. The van der Waals surface area contributed by atoms with Gasteiger partial charge < -0.3 is 0 Å². The molecule has 4 nitrogen and oxygen atoms in total. The summed E-state index contributed by atoms with van der Waals surface area (Å²) in [5.74, 6) is -0.192. The summed E-state index contributed by atoms with van der Waals surface area (Å²) in [6, 6.07) is 1.34. The van der Waals surface area contributed by atoms with Crippen molar-refractivity contribution in [1.82, 2.24) is 4.90 Å². The van der Waals surface area contributed by atoms with Gasteiger partial charge in [-0.25, -0.2) is 0 Å². The van der Waals surface area contributed by atoms with Gasteiger partial charge in [-0.1, -0.05) is 12.2 Å². The van der Waals surface area contributed by atoms with Gasteiger partial charge in [-0.2, -0.15) is 5.26 Å². The Hall–Kier alpha value is -1.63. The minimum Gasteiger partial charge on any atom is -0.274 e. The van der Waals surface area contributed by atoms with Gasteiger partial charge in [0.2, 0.25) is 11.8 Å². The first-order chi connectivity index (χ1) is 7.65. The molecule has 1 heterocycles. The molecule has 1 saturated heterocycles. The van der Waals surface area contributed by atoms with Crippen molar-refractivity contribution in [2.45, 2.75) is 19.4 Å². The number of hydrogen-bond donors (Lipinski definition) is 0. The van der Waals surface area contributed by atoms with Crippen LogP contribution in [-0.4, -0.2) is 22.8 Å². The zero-order chi connectivity index (χ0) is 11.4. The van der Waals surface area contributed by atoms with Crippen LogP contribution in [0.5, 0.6) is 0 Å². The van der Waals surface area contributed by atoms with Crippen LogP contribution in [0.15, 0.2) is 12.2 Å². The summed E-state index contributed by atoms with van der Waals surface area (Å²) >= 11 is 0. The molecule has 2 amide bonds. The molecule has 82 valence electrons. The molecule has 2 aliphatic carbocycles. The molecule has 2 bridgehead atoms. The summed E-state index contributed by atoms with van der Waals surface area (Å²) < 4.78 is 0. The summed E-state index contributed by atoms with van der Waals surface area (Å²) in [5, 5.41) is 8.83. The van der Waals surface area contributed by atoms with E-state index in [0.29, 0.717) is 0 Å². The number of carbonyl (C=O) groups excluding carboxylic acids is 2. The summed E-state index contributed by atoms with van der Waals surface area (Å²) in [4.78, 5) is 25.4. The molecule has 4 heteroatoms. The second-order valence-electron chi connectivity index (χ2n) is 4.85. The van der Waals surface area contributed by atoms with E-state index in [0.717, 1.165) is 6.42 Å². The van der Waals surface area contributed by atoms with E-state index >= 15 is 0 Å². The second-order valence-corrected chi connectivity index (χ2v) is 4.85. The zero-order valence-corrected chi connectivity index (χ0v) is 8.96. The van der Waals surface area contributed by atoms with Crippen LogP contribution in [0.4, 0.5) is 0 Å². The van der Waals surface area contributed by atoms with Crippen molar-refractivity contribution >= 4 is 11.8 Å². The molecule has 3 rings (SSSR count). The van der Waals surface area contributed by atoms with Crippen LogP contribution in [0.25, 0.3) is 0 Å². The van der Waals surface area contributed by atoms with Crippen LogP contribution < -0.4 is 0 Å². The number of nitrogens with zero attached hydrogens (tertiary/aromatic N) is 2. The maximum Gasteiger partial charge on any atom is 0.234 e. The van der Waals surface area contributed by atoms with Crippen molar-refractivity contribution in [2.24, 2.45) is 23.7 Å². The molecular formula is C12H12N2O2. The van der Waals surface area contributed by atoms with Gasteiger partial charge in [0.25, 0.3) is 0 Å². The molecule has 1 saturated carbocycles. The van der Waals surface area contributed by atoms with Crippen LogP contribution in [0.3, 0.4) is 0 Å². The van der Waals surface area contributed by atoms with E-state index in [1.165, 1.54) is 4.90 Å². The standard InChI is InChI=1S/C12H12N2O2/c1-6(5-13)14-11(15)9-7-2-3-8(4-7)10(9)12(14)16/h2-3,6-10H,4H2,1H3.